The number of hydrogen-bond acceptors (Lipinski definition) is 7. The molecule has 6 nitrogen and oxygen atoms in total. The Bertz CT molecular complexity index is 917. The maximum Gasteiger partial charge on any atom is 0.166 e. The molecule has 0 atom stereocenters. The number of carbonyl (C=O) groups excluding carboxylic acids is 1. The van der Waals surface area contributed by atoms with Crippen LogP contribution in [0.15, 0.2) is 24.4 Å². The van der Waals surface area contributed by atoms with Crippen LogP contribution in [-0.2, 0) is 11.2 Å². The van der Waals surface area contributed by atoms with E-state index in [2.05, 4.69) is 25.5 Å². The minimum atomic E-state index is 0.155. The lowest BCUT2D eigenvalue weighted by molar-refractivity contribution is -0.123. The number of nitrogens with one attached hydrogen (secondary N) is 1. The Labute approximate surface area is 149 Å². The number of nitrogens with zero attached hydrogens (tertiary/aromatic N) is 4. The van der Waals surface area contributed by atoms with Crippen LogP contribution in [0.1, 0.15) is 23.5 Å². The second-order valence-corrected chi connectivity index (χ2v) is 7.54. The number of pyridine rings is 2. The van der Waals surface area contributed by atoms with Crippen molar-refractivity contribution in [3.63, 3.8) is 0 Å². The smallest absolute Gasteiger partial charge is 0.166 e. The summed E-state index contributed by atoms with van der Waals surface area (Å²) < 4.78 is 0. The maximum absolute atomic E-state index is 12.5. The Morgan fingerprint density at radius 3 is 2.88 bits per heavy atom. The van der Waals surface area contributed by atoms with Gasteiger partial charge in [-0.2, -0.15) is 0 Å². The highest BCUT2D eigenvalue weighted by Gasteiger charge is 2.21. The van der Waals surface area contributed by atoms with Crippen molar-refractivity contribution >= 4 is 28.0 Å². The number of carbonyl (C=O) groups is 1. The van der Waals surface area contributed by atoms with Crippen molar-refractivity contribution in [1.29, 1.82) is 0 Å². The molecular weight excluding hydrogens is 334 g/mol. The minimum absolute atomic E-state index is 0.155. The molecule has 128 valence electrons. The van der Waals surface area contributed by atoms with Gasteiger partial charge in [0.25, 0.3) is 0 Å². The predicted molar refractivity (Wildman–Crippen MR) is 97.5 cm³/mol. The van der Waals surface area contributed by atoms with Gasteiger partial charge in [0.2, 0.25) is 0 Å². The van der Waals surface area contributed by atoms with Crippen molar-refractivity contribution in [3.8, 4) is 10.7 Å². The average Bonchev–Trinajstić information content (AvgIpc) is 3.08. The van der Waals surface area contributed by atoms with Gasteiger partial charge in [-0.15, -0.1) is 10.2 Å². The third kappa shape index (κ3) is 3.57. The van der Waals surface area contributed by atoms with Crippen molar-refractivity contribution in [2.45, 2.75) is 26.2 Å². The number of ketones is 1. The molecule has 3 aromatic rings. The molecule has 0 amide bonds. The van der Waals surface area contributed by atoms with Crippen molar-refractivity contribution in [3.05, 3.63) is 35.1 Å². The second-order valence-electron chi connectivity index (χ2n) is 6.36. The molecule has 1 N–H and O–H groups in total. The van der Waals surface area contributed by atoms with Gasteiger partial charge < -0.3 is 5.32 Å². The lowest BCUT2D eigenvalue weighted by Gasteiger charge is -2.21. The van der Waals surface area contributed by atoms with Crippen LogP contribution < -0.4 is 5.32 Å². The summed E-state index contributed by atoms with van der Waals surface area (Å²) in [7, 11) is 0. The predicted octanol–water partition coefficient (Wildman–Crippen LogP) is 2.57. The van der Waals surface area contributed by atoms with Crippen LogP contribution in [0.5, 0.6) is 0 Å². The van der Waals surface area contributed by atoms with E-state index >= 15 is 0 Å². The van der Waals surface area contributed by atoms with E-state index in [9.17, 15) is 4.79 Å². The third-order valence-corrected chi connectivity index (χ3v) is 5.39. The molecule has 25 heavy (non-hydrogen) atoms. The van der Waals surface area contributed by atoms with Crippen molar-refractivity contribution in [2.75, 3.05) is 13.1 Å². The fraction of sp³-hybridized carbons (Fsp3) is 0.389. The SMILES string of the molecule is Cc1nnc(-c2ccc3cnc(CC(=O)C4CCNCC4)cc3n2)s1. The first-order valence-corrected chi connectivity index (χ1v) is 9.30. The zero-order valence-corrected chi connectivity index (χ0v) is 14.8. The van der Waals surface area contributed by atoms with Gasteiger partial charge >= 0.3 is 0 Å². The van der Waals surface area contributed by atoms with E-state index in [4.69, 9.17) is 0 Å². The molecule has 0 radical (unpaired) electrons. The van der Waals surface area contributed by atoms with Crippen LogP contribution in [0.25, 0.3) is 21.6 Å². The topological polar surface area (TPSA) is 80.7 Å². The van der Waals surface area contributed by atoms with E-state index in [1.54, 1.807) is 6.20 Å². The van der Waals surface area contributed by atoms with E-state index in [0.29, 0.717) is 6.42 Å². The third-order valence-electron chi connectivity index (χ3n) is 4.53. The van der Waals surface area contributed by atoms with E-state index in [0.717, 1.165) is 58.2 Å². The Balaban J connectivity index is 1.59. The van der Waals surface area contributed by atoms with Crippen LogP contribution in [0.4, 0.5) is 0 Å². The van der Waals surface area contributed by atoms with E-state index in [1.165, 1.54) is 11.3 Å². The van der Waals surface area contributed by atoms with Crippen molar-refractivity contribution < 1.29 is 4.79 Å². The fourth-order valence-corrected chi connectivity index (χ4v) is 3.80. The van der Waals surface area contributed by atoms with E-state index < -0.39 is 0 Å². The molecule has 1 saturated heterocycles. The summed E-state index contributed by atoms with van der Waals surface area (Å²) in [5.41, 5.74) is 2.43. The molecule has 1 aliphatic heterocycles. The Hall–Kier alpha value is -2.25. The van der Waals surface area contributed by atoms with Gasteiger partial charge in [-0.1, -0.05) is 11.3 Å². The average molecular weight is 353 g/mol. The number of hydrogen-bond donors (Lipinski definition) is 1. The number of Topliss-reactive ketones (excluding diaryl/α,β-unsaturated/α-hetero) is 1. The molecule has 7 heteroatoms. The number of rotatable bonds is 4. The Morgan fingerprint density at radius 1 is 1.28 bits per heavy atom. The number of aryl methyl sites for hydroxylation is 1. The van der Waals surface area contributed by atoms with Crippen LogP contribution >= 0.6 is 11.3 Å². The summed E-state index contributed by atoms with van der Waals surface area (Å²) in [6.07, 6.45) is 4.02. The van der Waals surface area contributed by atoms with Gasteiger partial charge in [-0.25, -0.2) is 4.98 Å². The van der Waals surface area contributed by atoms with Crippen LogP contribution in [-0.4, -0.2) is 39.0 Å². The monoisotopic (exact) mass is 353 g/mol. The molecule has 4 heterocycles. The first-order valence-electron chi connectivity index (χ1n) is 8.48. The summed E-state index contributed by atoms with van der Waals surface area (Å²) in [6, 6.07) is 5.84. The quantitative estimate of drug-likeness (QED) is 0.776. The minimum Gasteiger partial charge on any atom is -0.317 e. The molecule has 0 aromatic carbocycles. The summed E-state index contributed by atoms with van der Waals surface area (Å²) in [5.74, 6) is 0.437. The second kappa shape index (κ2) is 6.93. The molecule has 0 spiro atoms. The van der Waals surface area contributed by atoms with Crippen LogP contribution in [0, 0.1) is 12.8 Å². The van der Waals surface area contributed by atoms with Crippen LogP contribution in [0.3, 0.4) is 0 Å². The maximum atomic E-state index is 12.5. The molecular formula is C18H19N5OS. The molecule has 0 bridgehead atoms. The zero-order valence-electron chi connectivity index (χ0n) is 14.0. The Kier molecular flexibility index (Phi) is 4.50. The summed E-state index contributed by atoms with van der Waals surface area (Å²) in [5, 5.41) is 14.2. The molecule has 0 aliphatic carbocycles. The lowest BCUT2D eigenvalue weighted by atomic mass is 9.91. The molecule has 3 aromatic heterocycles. The number of piperidine rings is 1. The normalized spacial score (nSPS) is 15.6. The molecule has 0 saturated carbocycles. The van der Waals surface area contributed by atoms with Gasteiger partial charge in [-0.3, -0.25) is 9.78 Å². The largest absolute Gasteiger partial charge is 0.317 e. The molecule has 1 aliphatic rings. The molecule has 0 unspecified atom stereocenters. The van der Waals surface area contributed by atoms with Gasteiger partial charge in [0.05, 0.1) is 5.52 Å². The number of fused-ring (bicyclic) bond motifs is 1. The lowest BCUT2D eigenvalue weighted by Crippen LogP contribution is -2.32. The highest BCUT2D eigenvalue weighted by atomic mass is 32.1. The van der Waals surface area contributed by atoms with E-state index in [-0.39, 0.29) is 11.7 Å². The summed E-state index contributed by atoms with van der Waals surface area (Å²) >= 11 is 1.52. The first kappa shape index (κ1) is 16.2. The fourth-order valence-electron chi connectivity index (χ4n) is 3.14. The summed E-state index contributed by atoms with van der Waals surface area (Å²) in [4.78, 5) is 21.6. The van der Waals surface area contributed by atoms with Gasteiger partial charge in [-0.05, 0) is 51.1 Å². The standard InChI is InChI=1S/C18H19N5OS/c1-11-22-23-18(25-11)15-3-2-13-10-20-14(8-16(13)21-15)9-17(24)12-4-6-19-7-5-12/h2-3,8,10,12,19H,4-7,9H2,1H3. The highest BCUT2D eigenvalue weighted by Crippen LogP contribution is 2.24. The van der Waals surface area contributed by atoms with E-state index in [1.807, 2.05) is 25.1 Å². The number of aromatic nitrogens is 4. The summed E-state index contributed by atoms with van der Waals surface area (Å²) in [6.45, 7) is 3.78. The first-order chi connectivity index (χ1) is 12.2. The molecule has 1 fully saturated rings. The van der Waals surface area contributed by atoms with Gasteiger partial charge in [0.1, 0.15) is 16.5 Å². The highest BCUT2D eigenvalue weighted by molar-refractivity contribution is 7.14. The molecule has 4 rings (SSSR count). The van der Waals surface area contributed by atoms with Crippen molar-refractivity contribution in [2.24, 2.45) is 5.92 Å². The van der Waals surface area contributed by atoms with Crippen LogP contribution in [0.2, 0.25) is 0 Å². The van der Waals surface area contributed by atoms with Gasteiger partial charge in [0, 0.05) is 29.6 Å². The zero-order chi connectivity index (χ0) is 17.2. The Morgan fingerprint density at radius 2 is 2.12 bits per heavy atom. The van der Waals surface area contributed by atoms with Crippen molar-refractivity contribution in [1.82, 2.24) is 25.5 Å². The van der Waals surface area contributed by atoms with Gasteiger partial charge in [0.15, 0.2) is 5.01 Å².